The average Bonchev–Trinajstić information content (AvgIpc) is 2.74. The number of hydrogen-bond acceptors (Lipinski definition) is 3. The maximum Gasteiger partial charge on any atom is 0.239 e. The second kappa shape index (κ2) is 5.69. The number of nitrogens with zero attached hydrogens (tertiary/aromatic N) is 1. The lowest BCUT2D eigenvalue weighted by molar-refractivity contribution is -0.133. The van der Waals surface area contributed by atoms with E-state index in [4.69, 9.17) is 0 Å². The number of rotatable bonds is 4. The summed E-state index contributed by atoms with van der Waals surface area (Å²) in [5.41, 5.74) is -0.733. The summed E-state index contributed by atoms with van der Waals surface area (Å²) >= 11 is 0. The number of nitrogens with one attached hydrogen (secondary N) is 1. The molecule has 0 aromatic rings. The highest BCUT2D eigenvalue weighted by Gasteiger charge is 2.30. The Morgan fingerprint density at radius 1 is 1.28 bits per heavy atom. The van der Waals surface area contributed by atoms with Gasteiger partial charge in [0.05, 0.1) is 12.1 Å². The molecule has 5 heteroatoms. The molecular weight excluding hydrogens is 232 g/mol. The first kappa shape index (κ1) is 13.3. The molecular formula is C13H22N2O3. The molecule has 1 heterocycles. The van der Waals surface area contributed by atoms with Crippen molar-refractivity contribution in [2.24, 2.45) is 0 Å². The second-order valence-corrected chi connectivity index (χ2v) is 5.48. The molecule has 2 aliphatic rings. The van der Waals surface area contributed by atoms with E-state index in [1.165, 1.54) is 6.42 Å². The predicted octanol–water partition coefficient (Wildman–Crippen LogP) is 0.420. The van der Waals surface area contributed by atoms with E-state index in [2.05, 4.69) is 5.32 Å². The Labute approximate surface area is 108 Å². The fourth-order valence-corrected chi connectivity index (χ4v) is 2.75. The number of carbonyl (C=O) groups excluding carboxylic acids is 2. The standard InChI is InChI=1S/C13H22N2O3/c16-11(9-15-8-4-5-12(15)17)14-10-13(18)6-2-1-3-7-13/h18H,1-10H2,(H,14,16). The molecule has 18 heavy (non-hydrogen) atoms. The maximum atomic E-state index is 11.7. The van der Waals surface area contributed by atoms with Gasteiger partial charge in [-0.3, -0.25) is 9.59 Å². The van der Waals surface area contributed by atoms with E-state index in [-0.39, 0.29) is 18.4 Å². The van der Waals surface area contributed by atoms with Crippen LogP contribution in [0.25, 0.3) is 0 Å². The van der Waals surface area contributed by atoms with Gasteiger partial charge in [-0.15, -0.1) is 0 Å². The largest absolute Gasteiger partial charge is 0.388 e. The Morgan fingerprint density at radius 3 is 2.61 bits per heavy atom. The minimum atomic E-state index is -0.733. The molecule has 0 radical (unpaired) electrons. The van der Waals surface area contributed by atoms with Crippen LogP contribution in [0.5, 0.6) is 0 Å². The molecule has 2 fully saturated rings. The fraction of sp³-hybridized carbons (Fsp3) is 0.846. The summed E-state index contributed by atoms with van der Waals surface area (Å²) in [5.74, 6) is -0.106. The fourth-order valence-electron chi connectivity index (χ4n) is 2.75. The summed E-state index contributed by atoms with van der Waals surface area (Å²) in [7, 11) is 0. The summed E-state index contributed by atoms with van der Waals surface area (Å²) in [5, 5.41) is 13.0. The summed E-state index contributed by atoms with van der Waals surface area (Å²) in [4.78, 5) is 24.7. The lowest BCUT2D eigenvalue weighted by Crippen LogP contribution is -2.47. The molecule has 1 aliphatic carbocycles. The zero-order valence-corrected chi connectivity index (χ0v) is 10.8. The molecule has 0 aromatic carbocycles. The third-order valence-electron chi connectivity index (χ3n) is 3.90. The van der Waals surface area contributed by atoms with Crippen molar-refractivity contribution in [3.05, 3.63) is 0 Å². The maximum absolute atomic E-state index is 11.7. The van der Waals surface area contributed by atoms with Crippen LogP contribution in [-0.2, 0) is 9.59 Å². The monoisotopic (exact) mass is 254 g/mol. The summed E-state index contributed by atoms with van der Waals surface area (Å²) < 4.78 is 0. The Balaban J connectivity index is 1.72. The van der Waals surface area contributed by atoms with Crippen LogP contribution < -0.4 is 5.32 Å². The highest BCUT2D eigenvalue weighted by molar-refractivity contribution is 5.85. The Hall–Kier alpha value is -1.10. The number of likely N-dealkylation sites (tertiary alicyclic amines) is 1. The predicted molar refractivity (Wildman–Crippen MR) is 66.9 cm³/mol. The molecule has 0 atom stereocenters. The molecule has 0 unspecified atom stereocenters. The van der Waals surface area contributed by atoms with Gasteiger partial charge in [0.25, 0.3) is 0 Å². The zero-order chi connectivity index (χ0) is 13.0. The molecule has 2 N–H and O–H groups in total. The van der Waals surface area contributed by atoms with Gasteiger partial charge in [0.2, 0.25) is 11.8 Å². The number of hydrogen-bond donors (Lipinski definition) is 2. The highest BCUT2D eigenvalue weighted by Crippen LogP contribution is 2.27. The van der Waals surface area contributed by atoms with Crippen LogP contribution in [0.4, 0.5) is 0 Å². The van der Waals surface area contributed by atoms with Crippen LogP contribution in [0.3, 0.4) is 0 Å². The first-order valence-corrected chi connectivity index (χ1v) is 6.86. The van der Waals surface area contributed by atoms with Crippen LogP contribution in [0.1, 0.15) is 44.9 Å². The normalized spacial score (nSPS) is 23.2. The second-order valence-electron chi connectivity index (χ2n) is 5.48. The molecule has 0 bridgehead atoms. The topological polar surface area (TPSA) is 69.6 Å². The Bertz CT molecular complexity index is 324. The van der Waals surface area contributed by atoms with E-state index < -0.39 is 5.60 Å². The Morgan fingerprint density at radius 2 is 2.00 bits per heavy atom. The summed E-state index contributed by atoms with van der Waals surface area (Å²) in [6.07, 6.45) is 6.13. The highest BCUT2D eigenvalue weighted by atomic mass is 16.3. The van der Waals surface area contributed by atoms with Crippen molar-refractivity contribution >= 4 is 11.8 Å². The average molecular weight is 254 g/mol. The van der Waals surface area contributed by atoms with Gasteiger partial charge in [0.15, 0.2) is 0 Å². The van der Waals surface area contributed by atoms with Crippen molar-refractivity contribution in [2.75, 3.05) is 19.6 Å². The van der Waals surface area contributed by atoms with Gasteiger partial charge in [-0.05, 0) is 19.3 Å². The third kappa shape index (κ3) is 3.45. The first-order chi connectivity index (χ1) is 8.59. The van der Waals surface area contributed by atoms with Gasteiger partial charge in [-0.25, -0.2) is 0 Å². The van der Waals surface area contributed by atoms with Crippen LogP contribution in [-0.4, -0.2) is 47.1 Å². The van der Waals surface area contributed by atoms with Gasteiger partial charge >= 0.3 is 0 Å². The van der Waals surface area contributed by atoms with E-state index in [9.17, 15) is 14.7 Å². The SMILES string of the molecule is O=C(CN1CCCC1=O)NCC1(O)CCCCC1. The third-order valence-corrected chi connectivity index (χ3v) is 3.90. The molecule has 0 spiro atoms. The summed E-state index contributed by atoms with van der Waals surface area (Å²) in [6.45, 7) is 1.12. The molecule has 2 rings (SSSR count). The molecule has 1 saturated carbocycles. The van der Waals surface area contributed by atoms with E-state index >= 15 is 0 Å². The van der Waals surface area contributed by atoms with Gasteiger partial charge in [0, 0.05) is 19.5 Å². The zero-order valence-electron chi connectivity index (χ0n) is 10.8. The lowest BCUT2D eigenvalue weighted by Gasteiger charge is -2.32. The quantitative estimate of drug-likeness (QED) is 0.764. The number of aliphatic hydroxyl groups is 1. The lowest BCUT2D eigenvalue weighted by atomic mass is 9.85. The van der Waals surface area contributed by atoms with Gasteiger partial charge in [0.1, 0.15) is 0 Å². The van der Waals surface area contributed by atoms with Crippen LogP contribution in [0.15, 0.2) is 0 Å². The van der Waals surface area contributed by atoms with Crippen molar-refractivity contribution in [3.8, 4) is 0 Å². The van der Waals surface area contributed by atoms with Crippen LogP contribution in [0.2, 0.25) is 0 Å². The van der Waals surface area contributed by atoms with E-state index in [1.54, 1.807) is 4.90 Å². The van der Waals surface area contributed by atoms with Crippen LogP contribution in [0, 0.1) is 0 Å². The number of amides is 2. The molecule has 1 aliphatic heterocycles. The molecule has 1 saturated heterocycles. The van der Waals surface area contributed by atoms with E-state index in [1.807, 2.05) is 0 Å². The van der Waals surface area contributed by atoms with Crippen molar-refractivity contribution in [3.63, 3.8) is 0 Å². The van der Waals surface area contributed by atoms with Gasteiger partial charge in [-0.2, -0.15) is 0 Å². The van der Waals surface area contributed by atoms with Gasteiger partial charge < -0.3 is 15.3 Å². The molecule has 0 aromatic heterocycles. The first-order valence-electron chi connectivity index (χ1n) is 6.86. The molecule has 5 nitrogen and oxygen atoms in total. The minimum Gasteiger partial charge on any atom is -0.388 e. The van der Waals surface area contributed by atoms with E-state index in [0.29, 0.717) is 19.5 Å². The minimum absolute atomic E-state index is 0.0570. The van der Waals surface area contributed by atoms with Crippen molar-refractivity contribution < 1.29 is 14.7 Å². The van der Waals surface area contributed by atoms with Crippen molar-refractivity contribution in [1.29, 1.82) is 0 Å². The Kier molecular flexibility index (Phi) is 4.22. The molecule has 102 valence electrons. The van der Waals surface area contributed by atoms with E-state index in [0.717, 1.165) is 32.1 Å². The van der Waals surface area contributed by atoms with Crippen molar-refractivity contribution in [2.45, 2.75) is 50.5 Å². The molecule has 2 amide bonds. The summed E-state index contributed by atoms with van der Waals surface area (Å²) in [6, 6.07) is 0. The smallest absolute Gasteiger partial charge is 0.239 e. The van der Waals surface area contributed by atoms with Crippen molar-refractivity contribution in [1.82, 2.24) is 10.2 Å². The van der Waals surface area contributed by atoms with Crippen LogP contribution >= 0.6 is 0 Å². The van der Waals surface area contributed by atoms with Gasteiger partial charge in [-0.1, -0.05) is 19.3 Å². The number of carbonyl (C=O) groups is 2.